The van der Waals surface area contributed by atoms with Crippen molar-refractivity contribution in [3.8, 4) is 0 Å². The number of hydrogen-bond acceptors (Lipinski definition) is 5. The van der Waals surface area contributed by atoms with Crippen molar-refractivity contribution in [2.75, 3.05) is 25.6 Å². The maximum atomic E-state index is 11.1. The Balaban J connectivity index is 2.07. The maximum absolute atomic E-state index is 11.1. The molecule has 1 aliphatic rings. The molecule has 0 atom stereocenters. The second-order valence-electron chi connectivity index (χ2n) is 4.01. The van der Waals surface area contributed by atoms with E-state index >= 15 is 0 Å². The van der Waals surface area contributed by atoms with Crippen LogP contribution in [0.1, 0.15) is 24.5 Å². The van der Waals surface area contributed by atoms with Gasteiger partial charge < -0.3 is 9.64 Å². The summed E-state index contributed by atoms with van der Waals surface area (Å²) in [5.74, 6) is 1.09. The summed E-state index contributed by atoms with van der Waals surface area (Å²) >= 11 is 0. The quantitative estimate of drug-likeness (QED) is 0.709. The molecule has 0 spiro atoms. The minimum atomic E-state index is -0.269. The molecule has 0 amide bonds. The third-order valence-corrected chi connectivity index (χ3v) is 2.65. The van der Waals surface area contributed by atoms with Crippen LogP contribution in [-0.2, 0) is 9.53 Å². The first-order valence-corrected chi connectivity index (χ1v) is 5.30. The van der Waals surface area contributed by atoms with Gasteiger partial charge in [-0.3, -0.25) is 4.79 Å². The van der Waals surface area contributed by atoms with E-state index in [9.17, 15) is 4.79 Å². The number of nitrogens with zero attached hydrogens (tertiary/aromatic N) is 3. The van der Waals surface area contributed by atoms with Gasteiger partial charge in [-0.2, -0.15) is 0 Å². The zero-order chi connectivity index (χ0) is 11.5. The van der Waals surface area contributed by atoms with Crippen LogP contribution in [0.25, 0.3) is 0 Å². The van der Waals surface area contributed by atoms with Gasteiger partial charge in [0.1, 0.15) is 18.7 Å². The highest BCUT2D eigenvalue weighted by Gasteiger charge is 2.25. The molecule has 1 aromatic heterocycles. The van der Waals surface area contributed by atoms with Gasteiger partial charge in [-0.15, -0.1) is 0 Å². The van der Waals surface area contributed by atoms with Gasteiger partial charge in [0.05, 0.1) is 7.11 Å². The fourth-order valence-electron chi connectivity index (χ4n) is 1.51. The Bertz CT molecular complexity index is 391. The number of carbonyl (C=O) groups is 1. The maximum Gasteiger partial charge on any atom is 0.325 e. The highest BCUT2D eigenvalue weighted by molar-refractivity contribution is 5.74. The predicted octanol–water partition coefficient (Wildman–Crippen LogP) is 0.963. The van der Waals surface area contributed by atoms with E-state index in [1.54, 1.807) is 11.2 Å². The minimum Gasteiger partial charge on any atom is -0.468 e. The summed E-state index contributed by atoms with van der Waals surface area (Å²) in [6, 6.07) is 1.95. The molecule has 0 saturated heterocycles. The molecule has 0 N–H and O–H groups in total. The third kappa shape index (κ3) is 2.48. The molecule has 16 heavy (non-hydrogen) atoms. The van der Waals surface area contributed by atoms with Gasteiger partial charge in [-0.25, -0.2) is 9.97 Å². The van der Waals surface area contributed by atoms with Crippen LogP contribution in [0.2, 0.25) is 0 Å². The van der Waals surface area contributed by atoms with E-state index in [0.29, 0.717) is 5.92 Å². The number of rotatable bonds is 4. The van der Waals surface area contributed by atoms with Crippen LogP contribution in [0, 0.1) is 0 Å². The predicted molar refractivity (Wildman–Crippen MR) is 59.3 cm³/mol. The number of aromatic nitrogens is 2. The van der Waals surface area contributed by atoms with Gasteiger partial charge in [-0.1, -0.05) is 0 Å². The fourth-order valence-corrected chi connectivity index (χ4v) is 1.51. The summed E-state index contributed by atoms with van der Waals surface area (Å²) in [5, 5.41) is 0. The standard InChI is InChI=1S/C11H15N3O2/c1-14(6-11(15)16-2)10-5-9(8-3-4-8)12-7-13-10/h5,7-8H,3-4,6H2,1-2H3. The van der Waals surface area contributed by atoms with Crippen molar-refractivity contribution in [2.45, 2.75) is 18.8 Å². The Morgan fingerprint density at radius 2 is 2.31 bits per heavy atom. The van der Waals surface area contributed by atoms with Gasteiger partial charge in [0.25, 0.3) is 0 Å². The number of carbonyl (C=O) groups excluding carboxylic acids is 1. The lowest BCUT2D eigenvalue weighted by Gasteiger charge is -2.16. The van der Waals surface area contributed by atoms with Crippen LogP contribution >= 0.6 is 0 Å². The molecule has 0 radical (unpaired) electrons. The number of ether oxygens (including phenoxy) is 1. The van der Waals surface area contributed by atoms with Gasteiger partial charge >= 0.3 is 5.97 Å². The molecule has 1 fully saturated rings. The number of esters is 1. The van der Waals surface area contributed by atoms with Crippen LogP contribution in [-0.4, -0.2) is 36.6 Å². The van der Waals surface area contributed by atoms with Crippen molar-refractivity contribution in [1.82, 2.24) is 9.97 Å². The first-order chi connectivity index (χ1) is 7.70. The zero-order valence-corrected chi connectivity index (χ0v) is 9.51. The molecule has 1 saturated carbocycles. The number of likely N-dealkylation sites (N-methyl/N-ethyl adjacent to an activating group) is 1. The van der Waals surface area contributed by atoms with Crippen molar-refractivity contribution in [1.29, 1.82) is 0 Å². The molecule has 1 heterocycles. The summed E-state index contributed by atoms with van der Waals surface area (Å²) in [7, 11) is 3.20. The lowest BCUT2D eigenvalue weighted by molar-refractivity contribution is -0.138. The van der Waals surface area contributed by atoms with E-state index < -0.39 is 0 Å². The second kappa shape index (κ2) is 4.47. The Morgan fingerprint density at radius 1 is 1.56 bits per heavy atom. The normalized spacial score (nSPS) is 14.6. The molecular weight excluding hydrogens is 206 g/mol. The molecular formula is C11H15N3O2. The Hall–Kier alpha value is -1.65. The van der Waals surface area contributed by atoms with Crippen LogP contribution in [0.3, 0.4) is 0 Å². The van der Waals surface area contributed by atoms with Crippen LogP contribution < -0.4 is 4.90 Å². The average Bonchev–Trinajstić information content (AvgIpc) is 3.13. The smallest absolute Gasteiger partial charge is 0.325 e. The molecule has 2 rings (SSSR count). The highest BCUT2D eigenvalue weighted by atomic mass is 16.5. The zero-order valence-electron chi connectivity index (χ0n) is 9.51. The van der Waals surface area contributed by atoms with E-state index in [0.717, 1.165) is 11.5 Å². The van der Waals surface area contributed by atoms with Crippen LogP contribution in [0.5, 0.6) is 0 Å². The molecule has 1 aromatic rings. The van der Waals surface area contributed by atoms with E-state index in [1.165, 1.54) is 20.0 Å². The van der Waals surface area contributed by atoms with Gasteiger partial charge in [0, 0.05) is 24.7 Å². The Labute approximate surface area is 94.5 Å². The van der Waals surface area contributed by atoms with E-state index in [4.69, 9.17) is 0 Å². The topological polar surface area (TPSA) is 55.3 Å². The first kappa shape index (κ1) is 10.9. The number of hydrogen-bond donors (Lipinski definition) is 0. The lowest BCUT2D eigenvalue weighted by atomic mass is 10.3. The van der Waals surface area contributed by atoms with Crippen molar-refractivity contribution >= 4 is 11.8 Å². The molecule has 5 nitrogen and oxygen atoms in total. The summed E-state index contributed by atoms with van der Waals surface area (Å²) in [6.45, 7) is 0.206. The SMILES string of the molecule is COC(=O)CN(C)c1cc(C2CC2)ncn1. The summed E-state index contributed by atoms with van der Waals surface area (Å²) < 4.78 is 4.61. The van der Waals surface area contributed by atoms with Crippen molar-refractivity contribution in [3.05, 3.63) is 18.1 Å². The van der Waals surface area contributed by atoms with Crippen LogP contribution in [0.15, 0.2) is 12.4 Å². The Morgan fingerprint density at radius 3 is 2.94 bits per heavy atom. The van der Waals surface area contributed by atoms with E-state index in [1.807, 2.05) is 13.1 Å². The number of anilines is 1. The Kier molecular flexibility index (Phi) is 3.03. The van der Waals surface area contributed by atoms with Gasteiger partial charge in [0.2, 0.25) is 0 Å². The van der Waals surface area contributed by atoms with Crippen molar-refractivity contribution < 1.29 is 9.53 Å². The van der Waals surface area contributed by atoms with E-state index in [-0.39, 0.29) is 12.5 Å². The van der Waals surface area contributed by atoms with Crippen molar-refractivity contribution in [3.63, 3.8) is 0 Å². The fraction of sp³-hybridized carbons (Fsp3) is 0.545. The summed E-state index contributed by atoms with van der Waals surface area (Å²) in [6.07, 6.45) is 3.96. The van der Waals surface area contributed by atoms with Gasteiger partial charge in [0.15, 0.2) is 0 Å². The summed E-state index contributed by atoms with van der Waals surface area (Å²) in [4.78, 5) is 21.3. The molecule has 0 unspecified atom stereocenters. The van der Waals surface area contributed by atoms with E-state index in [2.05, 4.69) is 14.7 Å². The third-order valence-electron chi connectivity index (χ3n) is 2.65. The van der Waals surface area contributed by atoms with Crippen LogP contribution in [0.4, 0.5) is 5.82 Å². The highest BCUT2D eigenvalue weighted by Crippen LogP contribution is 2.39. The molecule has 5 heteroatoms. The molecule has 0 aromatic carbocycles. The molecule has 1 aliphatic carbocycles. The average molecular weight is 221 g/mol. The van der Waals surface area contributed by atoms with Crippen molar-refractivity contribution in [2.24, 2.45) is 0 Å². The monoisotopic (exact) mass is 221 g/mol. The minimum absolute atomic E-state index is 0.206. The largest absolute Gasteiger partial charge is 0.468 e. The second-order valence-corrected chi connectivity index (χ2v) is 4.01. The lowest BCUT2D eigenvalue weighted by Crippen LogP contribution is -2.27. The molecule has 0 aliphatic heterocycles. The first-order valence-electron chi connectivity index (χ1n) is 5.30. The molecule has 0 bridgehead atoms. The molecule has 86 valence electrons. The summed E-state index contributed by atoms with van der Waals surface area (Å²) in [5.41, 5.74) is 1.07. The van der Waals surface area contributed by atoms with Gasteiger partial charge in [-0.05, 0) is 12.8 Å². The number of methoxy groups -OCH3 is 1.